The third-order valence-electron chi connectivity index (χ3n) is 5.25. The first-order valence-corrected chi connectivity index (χ1v) is 9.44. The summed E-state index contributed by atoms with van der Waals surface area (Å²) in [6.07, 6.45) is 10.4. The van der Waals surface area contributed by atoms with Gasteiger partial charge in [0.2, 0.25) is 0 Å². The van der Waals surface area contributed by atoms with Crippen molar-refractivity contribution in [2.75, 3.05) is 46.9 Å². The minimum Gasteiger partial charge on any atom is -0.376 e. The zero-order chi connectivity index (χ0) is 16.5. The van der Waals surface area contributed by atoms with Gasteiger partial charge in [0.25, 0.3) is 0 Å². The van der Waals surface area contributed by atoms with Gasteiger partial charge in [-0.2, -0.15) is 0 Å². The Morgan fingerprint density at radius 1 is 1.13 bits per heavy atom. The number of piperidine rings is 1. The Labute approximate surface area is 141 Å². The highest BCUT2D eigenvalue weighted by Crippen LogP contribution is 2.19. The highest BCUT2D eigenvalue weighted by Gasteiger charge is 2.20. The zero-order valence-corrected chi connectivity index (χ0v) is 15.1. The van der Waals surface area contributed by atoms with Crippen LogP contribution in [0, 0.1) is 5.92 Å². The van der Waals surface area contributed by atoms with E-state index in [-0.39, 0.29) is 6.03 Å². The maximum atomic E-state index is 12.1. The van der Waals surface area contributed by atoms with E-state index >= 15 is 0 Å². The molecular weight excluding hydrogens is 290 g/mol. The molecule has 0 aromatic carbocycles. The predicted molar refractivity (Wildman–Crippen MR) is 93.7 cm³/mol. The van der Waals surface area contributed by atoms with Crippen molar-refractivity contribution < 1.29 is 9.53 Å². The van der Waals surface area contributed by atoms with Crippen LogP contribution in [0.25, 0.3) is 0 Å². The summed E-state index contributed by atoms with van der Waals surface area (Å²) >= 11 is 0. The molecule has 2 fully saturated rings. The van der Waals surface area contributed by atoms with E-state index in [0.29, 0.717) is 25.2 Å². The molecule has 0 spiro atoms. The Kier molecular flexibility index (Phi) is 8.17. The lowest BCUT2D eigenvalue weighted by atomic mass is 9.97. The third-order valence-corrected chi connectivity index (χ3v) is 5.25. The Bertz CT molecular complexity index is 335. The number of nitrogens with one attached hydrogen (secondary N) is 1. The fraction of sp³-hybridized carbons (Fsp3) is 0.944. The number of urea groups is 1. The van der Waals surface area contributed by atoms with Gasteiger partial charge in [-0.15, -0.1) is 0 Å². The topological polar surface area (TPSA) is 44.8 Å². The highest BCUT2D eigenvalue weighted by molar-refractivity contribution is 5.73. The lowest BCUT2D eigenvalue weighted by Gasteiger charge is -2.31. The molecule has 0 radical (unpaired) electrons. The van der Waals surface area contributed by atoms with Crippen LogP contribution < -0.4 is 5.32 Å². The Morgan fingerprint density at radius 3 is 2.43 bits per heavy atom. The second kappa shape index (κ2) is 10.1. The zero-order valence-electron chi connectivity index (χ0n) is 15.1. The van der Waals surface area contributed by atoms with E-state index in [1.54, 1.807) is 0 Å². The summed E-state index contributed by atoms with van der Waals surface area (Å²) < 4.78 is 5.92. The quantitative estimate of drug-likeness (QED) is 0.603. The van der Waals surface area contributed by atoms with Gasteiger partial charge < -0.3 is 19.9 Å². The molecule has 1 aliphatic heterocycles. The van der Waals surface area contributed by atoms with Crippen LogP contribution in [0.3, 0.4) is 0 Å². The minimum absolute atomic E-state index is 0.0356. The van der Waals surface area contributed by atoms with Crippen molar-refractivity contribution >= 4 is 6.03 Å². The molecule has 1 N–H and O–H groups in total. The minimum atomic E-state index is 0.0356. The number of hydrogen-bond donors (Lipinski definition) is 1. The molecular formula is C18H35N3O2. The van der Waals surface area contributed by atoms with Crippen molar-refractivity contribution in [3.05, 3.63) is 0 Å². The first-order valence-electron chi connectivity index (χ1n) is 9.44. The van der Waals surface area contributed by atoms with Gasteiger partial charge in [-0.3, -0.25) is 0 Å². The molecule has 5 heteroatoms. The number of hydrogen-bond acceptors (Lipinski definition) is 3. The van der Waals surface area contributed by atoms with E-state index in [1.807, 2.05) is 11.9 Å². The lowest BCUT2D eigenvalue weighted by Crippen LogP contribution is -2.43. The van der Waals surface area contributed by atoms with Crippen LogP contribution >= 0.6 is 0 Å². The molecule has 2 amide bonds. The van der Waals surface area contributed by atoms with Gasteiger partial charge in [-0.1, -0.05) is 25.7 Å². The summed E-state index contributed by atoms with van der Waals surface area (Å²) in [5.74, 6) is 0.643. The van der Waals surface area contributed by atoms with E-state index < -0.39 is 0 Å². The molecule has 1 heterocycles. The summed E-state index contributed by atoms with van der Waals surface area (Å²) in [7, 11) is 4.07. The third kappa shape index (κ3) is 7.08. The smallest absolute Gasteiger partial charge is 0.317 e. The van der Waals surface area contributed by atoms with E-state index in [1.165, 1.54) is 51.4 Å². The van der Waals surface area contributed by atoms with Crippen LogP contribution in [0.15, 0.2) is 0 Å². The van der Waals surface area contributed by atoms with Gasteiger partial charge in [0.15, 0.2) is 0 Å². The monoisotopic (exact) mass is 325 g/mol. The number of nitrogens with zero attached hydrogens (tertiary/aromatic N) is 2. The number of likely N-dealkylation sites (tertiary alicyclic amines) is 1. The van der Waals surface area contributed by atoms with Gasteiger partial charge in [-0.25, -0.2) is 4.79 Å². The average molecular weight is 325 g/mol. The maximum absolute atomic E-state index is 12.1. The van der Waals surface area contributed by atoms with Crippen LogP contribution in [-0.4, -0.2) is 68.8 Å². The molecule has 1 saturated heterocycles. The van der Waals surface area contributed by atoms with Gasteiger partial charge in [-0.05, 0) is 51.7 Å². The standard InChI is InChI=1S/C18H35N3O2/c1-20-12-9-16(10-13-20)15-21(2)18(22)19-11-14-23-17-7-5-3-4-6-8-17/h16-17H,3-15H2,1-2H3,(H,19,22). The molecule has 1 aliphatic carbocycles. The molecule has 1 saturated carbocycles. The van der Waals surface area contributed by atoms with Crippen molar-refractivity contribution in [1.82, 2.24) is 15.1 Å². The van der Waals surface area contributed by atoms with Crippen LogP contribution in [-0.2, 0) is 4.74 Å². The second-order valence-corrected chi connectivity index (χ2v) is 7.34. The molecule has 0 unspecified atom stereocenters. The number of carbonyl (C=O) groups is 1. The van der Waals surface area contributed by atoms with Crippen LogP contribution in [0.1, 0.15) is 51.4 Å². The fourth-order valence-corrected chi connectivity index (χ4v) is 3.64. The van der Waals surface area contributed by atoms with Gasteiger partial charge in [0, 0.05) is 20.1 Å². The molecule has 0 aromatic rings. The van der Waals surface area contributed by atoms with E-state index in [0.717, 1.165) is 19.6 Å². The largest absolute Gasteiger partial charge is 0.376 e. The normalized spacial score (nSPS) is 21.8. The van der Waals surface area contributed by atoms with Crippen molar-refractivity contribution in [2.24, 2.45) is 5.92 Å². The highest BCUT2D eigenvalue weighted by atomic mass is 16.5. The number of amides is 2. The molecule has 2 aliphatic rings. The summed E-state index contributed by atoms with van der Waals surface area (Å²) in [5, 5.41) is 2.99. The van der Waals surface area contributed by atoms with Gasteiger partial charge >= 0.3 is 6.03 Å². The van der Waals surface area contributed by atoms with E-state index in [4.69, 9.17) is 4.74 Å². The van der Waals surface area contributed by atoms with Gasteiger partial charge in [0.05, 0.1) is 12.7 Å². The summed E-state index contributed by atoms with van der Waals surface area (Å²) in [5.41, 5.74) is 0. The second-order valence-electron chi connectivity index (χ2n) is 7.34. The Morgan fingerprint density at radius 2 is 1.78 bits per heavy atom. The van der Waals surface area contributed by atoms with Crippen molar-refractivity contribution in [3.8, 4) is 0 Å². The van der Waals surface area contributed by atoms with Crippen molar-refractivity contribution in [1.29, 1.82) is 0 Å². The number of ether oxygens (including phenoxy) is 1. The number of carbonyl (C=O) groups excluding carboxylic acids is 1. The molecule has 0 bridgehead atoms. The van der Waals surface area contributed by atoms with Crippen molar-refractivity contribution in [3.63, 3.8) is 0 Å². The molecule has 134 valence electrons. The first-order chi connectivity index (χ1) is 11.1. The Balaban J connectivity index is 1.54. The lowest BCUT2D eigenvalue weighted by molar-refractivity contribution is 0.0455. The van der Waals surface area contributed by atoms with Crippen LogP contribution in [0.5, 0.6) is 0 Å². The van der Waals surface area contributed by atoms with E-state index in [9.17, 15) is 4.79 Å². The number of rotatable bonds is 6. The van der Waals surface area contributed by atoms with Crippen LogP contribution in [0.4, 0.5) is 4.79 Å². The van der Waals surface area contributed by atoms with Crippen molar-refractivity contribution in [2.45, 2.75) is 57.5 Å². The molecule has 0 aromatic heterocycles. The fourth-order valence-electron chi connectivity index (χ4n) is 3.64. The molecule has 0 atom stereocenters. The summed E-state index contributed by atoms with van der Waals surface area (Å²) in [6.45, 7) is 4.42. The molecule has 5 nitrogen and oxygen atoms in total. The molecule has 2 rings (SSSR count). The Hall–Kier alpha value is -0.810. The van der Waals surface area contributed by atoms with E-state index in [2.05, 4.69) is 17.3 Å². The summed E-state index contributed by atoms with van der Waals surface area (Å²) in [4.78, 5) is 16.3. The molecule has 23 heavy (non-hydrogen) atoms. The van der Waals surface area contributed by atoms with Gasteiger partial charge in [0.1, 0.15) is 0 Å². The average Bonchev–Trinajstić information content (AvgIpc) is 2.82. The predicted octanol–water partition coefficient (Wildman–Crippen LogP) is 2.71. The van der Waals surface area contributed by atoms with Crippen LogP contribution in [0.2, 0.25) is 0 Å². The maximum Gasteiger partial charge on any atom is 0.317 e. The summed E-state index contributed by atoms with van der Waals surface area (Å²) in [6, 6.07) is 0.0356. The SMILES string of the molecule is CN1CCC(CN(C)C(=O)NCCOC2CCCCCC2)CC1. The first kappa shape index (κ1) is 18.5.